The van der Waals surface area contributed by atoms with Crippen LogP contribution < -0.4 is 4.74 Å². The standard InChI is InChI=1S/C14H15NO4/c1-8-13(10(16)7-12(17)19-3)14-9(15-8)5-4-6-11(14)18-2/h4-6,15H,7H2,1-3H3. The fourth-order valence-corrected chi connectivity index (χ4v) is 2.16. The Labute approximate surface area is 110 Å². The van der Waals surface area contributed by atoms with E-state index in [0.717, 1.165) is 5.52 Å². The number of aryl methyl sites for hydroxylation is 1. The number of methoxy groups -OCH3 is 2. The van der Waals surface area contributed by atoms with Gasteiger partial charge in [0.15, 0.2) is 5.78 Å². The van der Waals surface area contributed by atoms with E-state index in [0.29, 0.717) is 22.4 Å². The van der Waals surface area contributed by atoms with Gasteiger partial charge in [-0.15, -0.1) is 0 Å². The fourth-order valence-electron chi connectivity index (χ4n) is 2.16. The molecule has 0 bridgehead atoms. The number of aromatic amines is 1. The van der Waals surface area contributed by atoms with Gasteiger partial charge < -0.3 is 14.5 Å². The minimum absolute atomic E-state index is 0.275. The molecule has 0 fully saturated rings. The number of hydrogen-bond donors (Lipinski definition) is 1. The molecule has 0 unspecified atom stereocenters. The van der Waals surface area contributed by atoms with E-state index < -0.39 is 5.97 Å². The molecule has 0 aliphatic heterocycles. The van der Waals surface area contributed by atoms with Gasteiger partial charge >= 0.3 is 5.97 Å². The van der Waals surface area contributed by atoms with Gasteiger partial charge in [-0.1, -0.05) is 6.07 Å². The molecule has 0 radical (unpaired) electrons. The zero-order chi connectivity index (χ0) is 14.0. The smallest absolute Gasteiger partial charge is 0.313 e. The molecule has 0 atom stereocenters. The second kappa shape index (κ2) is 5.14. The maximum Gasteiger partial charge on any atom is 0.313 e. The number of aromatic nitrogens is 1. The number of ketones is 1. The molecule has 1 N–H and O–H groups in total. The van der Waals surface area contributed by atoms with E-state index in [2.05, 4.69) is 9.72 Å². The first-order chi connectivity index (χ1) is 9.08. The summed E-state index contributed by atoms with van der Waals surface area (Å²) < 4.78 is 9.80. The van der Waals surface area contributed by atoms with Crippen LogP contribution in [-0.4, -0.2) is 31.0 Å². The largest absolute Gasteiger partial charge is 0.496 e. The van der Waals surface area contributed by atoms with Crippen molar-refractivity contribution in [2.75, 3.05) is 14.2 Å². The molecule has 2 rings (SSSR count). The van der Waals surface area contributed by atoms with E-state index in [-0.39, 0.29) is 12.2 Å². The van der Waals surface area contributed by atoms with Gasteiger partial charge in [-0.25, -0.2) is 0 Å². The van der Waals surface area contributed by atoms with Crippen LogP contribution in [0.3, 0.4) is 0 Å². The molecule has 0 amide bonds. The molecule has 0 spiro atoms. The van der Waals surface area contributed by atoms with Gasteiger partial charge in [0.25, 0.3) is 0 Å². The highest BCUT2D eigenvalue weighted by Crippen LogP contribution is 2.31. The van der Waals surface area contributed by atoms with E-state index in [1.807, 2.05) is 12.1 Å². The highest BCUT2D eigenvalue weighted by Gasteiger charge is 2.21. The van der Waals surface area contributed by atoms with Crippen molar-refractivity contribution in [3.63, 3.8) is 0 Å². The molecule has 1 heterocycles. The maximum atomic E-state index is 12.2. The van der Waals surface area contributed by atoms with Gasteiger partial charge in [-0.3, -0.25) is 9.59 Å². The number of hydrogen-bond acceptors (Lipinski definition) is 4. The molecular weight excluding hydrogens is 246 g/mol. The number of rotatable bonds is 4. The highest BCUT2D eigenvalue weighted by molar-refractivity contribution is 6.15. The lowest BCUT2D eigenvalue weighted by Gasteiger charge is -2.04. The number of carbonyl (C=O) groups is 2. The van der Waals surface area contributed by atoms with Gasteiger partial charge in [-0.05, 0) is 19.1 Å². The summed E-state index contributed by atoms with van der Waals surface area (Å²) in [4.78, 5) is 26.6. The first kappa shape index (κ1) is 13.1. The molecule has 0 saturated heterocycles. The quantitative estimate of drug-likeness (QED) is 0.520. The minimum atomic E-state index is -0.548. The molecule has 0 aliphatic carbocycles. The lowest BCUT2D eigenvalue weighted by Crippen LogP contribution is -2.10. The average molecular weight is 261 g/mol. The Morgan fingerprint density at radius 1 is 1.26 bits per heavy atom. The Kier molecular flexibility index (Phi) is 3.55. The molecule has 0 saturated carbocycles. The Hall–Kier alpha value is -2.30. The molecule has 19 heavy (non-hydrogen) atoms. The van der Waals surface area contributed by atoms with Crippen LogP contribution in [0.5, 0.6) is 5.75 Å². The number of esters is 1. The molecule has 1 aromatic carbocycles. The van der Waals surface area contributed by atoms with E-state index >= 15 is 0 Å². The van der Waals surface area contributed by atoms with Crippen LogP contribution in [0.15, 0.2) is 18.2 Å². The van der Waals surface area contributed by atoms with E-state index in [1.165, 1.54) is 7.11 Å². The van der Waals surface area contributed by atoms with Crippen LogP contribution in [0.2, 0.25) is 0 Å². The second-order valence-electron chi connectivity index (χ2n) is 4.18. The summed E-state index contributed by atoms with van der Waals surface area (Å²) in [7, 11) is 2.81. The third kappa shape index (κ3) is 2.31. The number of fused-ring (bicyclic) bond motifs is 1. The Balaban J connectivity index is 2.56. The predicted molar refractivity (Wildman–Crippen MR) is 70.6 cm³/mol. The summed E-state index contributed by atoms with van der Waals surface area (Å²) in [5, 5.41) is 0.705. The lowest BCUT2D eigenvalue weighted by atomic mass is 10.0. The molecule has 0 aliphatic rings. The van der Waals surface area contributed by atoms with Crippen molar-refractivity contribution in [2.24, 2.45) is 0 Å². The summed E-state index contributed by atoms with van der Waals surface area (Å²) in [6.45, 7) is 1.80. The summed E-state index contributed by atoms with van der Waals surface area (Å²) in [6, 6.07) is 5.48. The van der Waals surface area contributed by atoms with E-state index in [9.17, 15) is 9.59 Å². The van der Waals surface area contributed by atoms with Crippen molar-refractivity contribution >= 4 is 22.7 Å². The van der Waals surface area contributed by atoms with Crippen LogP contribution in [0.1, 0.15) is 22.5 Å². The maximum absolute atomic E-state index is 12.2. The first-order valence-corrected chi connectivity index (χ1v) is 5.83. The third-order valence-electron chi connectivity index (χ3n) is 3.00. The number of H-pyrrole nitrogens is 1. The lowest BCUT2D eigenvalue weighted by molar-refractivity contribution is -0.139. The van der Waals surface area contributed by atoms with Gasteiger partial charge in [-0.2, -0.15) is 0 Å². The minimum Gasteiger partial charge on any atom is -0.496 e. The van der Waals surface area contributed by atoms with Crippen molar-refractivity contribution in [1.29, 1.82) is 0 Å². The van der Waals surface area contributed by atoms with Gasteiger partial charge in [0.1, 0.15) is 12.2 Å². The van der Waals surface area contributed by atoms with Crippen LogP contribution >= 0.6 is 0 Å². The zero-order valence-electron chi connectivity index (χ0n) is 11.1. The number of carbonyl (C=O) groups excluding carboxylic acids is 2. The number of ether oxygens (including phenoxy) is 2. The second-order valence-corrected chi connectivity index (χ2v) is 4.18. The van der Waals surface area contributed by atoms with Gasteiger partial charge in [0, 0.05) is 5.69 Å². The molecular formula is C14H15NO4. The Morgan fingerprint density at radius 2 is 2.00 bits per heavy atom. The van der Waals surface area contributed by atoms with E-state index in [4.69, 9.17) is 4.74 Å². The third-order valence-corrected chi connectivity index (χ3v) is 3.00. The fraction of sp³-hybridized carbons (Fsp3) is 0.286. The van der Waals surface area contributed by atoms with Crippen molar-refractivity contribution in [3.05, 3.63) is 29.5 Å². The molecule has 5 nitrogen and oxygen atoms in total. The van der Waals surface area contributed by atoms with Crippen LogP contribution in [0.25, 0.3) is 10.9 Å². The summed E-state index contributed by atoms with van der Waals surface area (Å²) in [5.74, 6) is -0.219. The van der Waals surface area contributed by atoms with Gasteiger partial charge in [0.05, 0.1) is 30.7 Å². The average Bonchev–Trinajstić information content (AvgIpc) is 2.74. The molecule has 5 heteroatoms. The topological polar surface area (TPSA) is 68.4 Å². The Bertz CT molecular complexity index is 642. The number of benzene rings is 1. The molecule has 1 aromatic heterocycles. The van der Waals surface area contributed by atoms with E-state index in [1.54, 1.807) is 20.1 Å². The number of Topliss-reactive ketones (excluding diaryl/α,β-unsaturated/α-hetero) is 1. The van der Waals surface area contributed by atoms with Crippen LogP contribution in [0, 0.1) is 6.92 Å². The predicted octanol–water partition coefficient (Wildman–Crippen LogP) is 2.23. The normalized spacial score (nSPS) is 10.5. The SMILES string of the molecule is COC(=O)CC(=O)c1c(C)[nH]c2cccc(OC)c12. The molecule has 2 aromatic rings. The van der Waals surface area contributed by atoms with Crippen molar-refractivity contribution < 1.29 is 19.1 Å². The molecule has 100 valence electrons. The highest BCUT2D eigenvalue weighted by atomic mass is 16.5. The van der Waals surface area contributed by atoms with Crippen molar-refractivity contribution in [1.82, 2.24) is 4.98 Å². The zero-order valence-corrected chi connectivity index (χ0v) is 11.1. The summed E-state index contributed by atoms with van der Waals surface area (Å²) >= 11 is 0. The van der Waals surface area contributed by atoms with Crippen molar-refractivity contribution in [3.8, 4) is 5.75 Å². The Morgan fingerprint density at radius 3 is 2.63 bits per heavy atom. The number of nitrogens with one attached hydrogen (secondary N) is 1. The summed E-state index contributed by atoms with van der Waals surface area (Å²) in [5.41, 5.74) is 2.01. The van der Waals surface area contributed by atoms with Crippen LogP contribution in [0.4, 0.5) is 0 Å². The monoisotopic (exact) mass is 261 g/mol. The van der Waals surface area contributed by atoms with Crippen molar-refractivity contribution in [2.45, 2.75) is 13.3 Å². The van der Waals surface area contributed by atoms with Gasteiger partial charge in [0.2, 0.25) is 0 Å². The first-order valence-electron chi connectivity index (χ1n) is 5.83. The van der Waals surface area contributed by atoms with Crippen LogP contribution in [-0.2, 0) is 9.53 Å². The summed E-state index contributed by atoms with van der Waals surface area (Å²) in [6.07, 6.45) is -0.275.